The molecule has 0 radical (unpaired) electrons. The number of rotatable bonds is 5. The Hall–Kier alpha value is -1.28. The maximum atomic E-state index is 5.72. The standard InChI is InChI=1S/C16H23NO/c1-3-12-18-16-10-5-4-9-15(16)13-17-11-7-6-8-14(17)2/h3-5,9-10,14H,1,6-8,11-13H2,2H3. The van der Waals surface area contributed by atoms with Gasteiger partial charge in [0.25, 0.3) is 0 Å². The van der Waals surface area contributed by atoms with Crippen LogP contribution in [-0.4, -0.2) is 24.1 Å². The average Bonchev–Trinajstić information content (AvgIpc) is 2.40. The molecule has 0 amide bonds. The number of hydrogen-bond donors (Lipinski definition) is 0. The minimum atomic E-state index is 0.576. The predicted molar refractivity (Wildman–Crippen MR) is 75.9 cm³/mol. The lowest BCUT2D eigenvalue weighted by Crippen LogP contribution is -2.36. The van der Waals surface area contributed by atoms with Crippen LogP contribution in [0.5, 0.6) is 5.75 Å². The minimum Gasteiger partial charge on any atom is -0.489 e. The zero-order valence-electron chi connectivity index (χ0n) is 11.3. The SMILES string of the molecule is C=CCOc1ccccc1CN1CCCCC1C. The van der Waals surface area contributed by atoms with Crippen molar-refractivity contribution in [2.45, 2.75) is 38.8 Å². The van der Waals surface area contributed by atoms with Crippen LogP contribution in [0.2, 0.25) is 0 Å². The van der Waals surface area contributed by atoms with Gasteiger partial charge in [-0.15, -0.1) is 0 Å². The topological polar surface area (TPSA) is 12.5 Å². The van der Waals surface area contributed by atoms with E-state index in [-0.39, 0.29) is 0 Å². The van der Waals surface area contributed by atoms with Gasteiger partial charge in [-0.25, -0.2) is 0 Å². The third-order valence-corrected chi connectivity index (χ3v) is 3.64. The molecular weight excluding hydrogens is 222 g/mol. The zero-order valence-corrected chi connectivity index (χ0v) is 11.3. The lowest BCUT2D eigenvalue weighted by molar-refractivity contribution is 0.151. The lowest BCUT2D eigenvalue weighted by atomic mass is 10.0. The first kappa shape index (κ1) is 13.2. The van der Waals surface area contributed by atoms with Gasteiger partial charge in [-0.2, -0.15) is 0 Å². The van der Waals surface area contributed by atoms with Gasteiger partial charge in [0.15, 0.2) is 0 Å². The van der Waals surface area contributed by atoms with Gasteiger partial charge in [-0.05, 0) is 32.4 Å². The molecule has 1 aliphatic rings. The van der Waals surface area contributed by atoms with Crippen LogP contribution in [0.25, 0.3) is 0 Å². The second-order valence-electron chi connectivity index (χ2n) is 5.02. The van der Waals surface area contributed by atoms with Crippen LogP contribution in [0.1, 0.15) is 31.7 Å². The van der Waals surface area contributed by atoms with Crippen LogP contribution in [0.4, 0.5) is 0 Å². The molecule has 2 nitrogen and oxygen atoms in total. The highest BCUT2D eigenvalue weighted by molar-refractivity contribution is 5.33. The summed E-state index contributed by atoms with van der Waals surface area (Å²) in [4.78, 5) is 2.56. The van der Waals surface area contributed by atoms with Gasteiger partial charge >= 0.3 is 0 Å². The van der Waals surface area contributed by atoms with Crippen molar-refractivity contribution in [3.8, 4) is 5.75 Å². The third-order valence-electron chi connectivity index (χ3n) is 3.64. The highest BCUT2D eigenvalue weighted by Crippen LogP contribution is 2.24. The van der Waals surface area contributed by atoms with E-state index in [1.165, 1.54) is 31.4 Å². The van der Waals surface area contributed by atoms with Crippen LogP contribution in [0.15, 0.2) is 36.9 Å². The summed E-state index contributed by atoms with van der Waals surface area (Å²) in [6.07, 6.45) is 5.79. The smallest absolute Gasteiger partial charge is 0.124 e. The molecule has 1 atom stereocenters. The van der Waals surface area contributed by atoms with Crippen LogP contribution in [0, 0.1) is 0 Å². The summed E-state index contributed by atoms with van der Waals surface area (Å²) in [6.45, 7) is 8.80. The number of hydrogen-bond acceptors (Lipinski definition) is 2. The quantitative estimate of drug-likeness (QED) is 0.735. The van der Waals surface area contributed by atoms with Gasteiger partial charge in [0, 0.05) is 18.2 Å². The monoisotopic (exact) mass is 245 g/mol. The van der Waals surface area contributed by atoms with Crippen LogP contribution in [-0.2, 0) is 6.54 Å². The molecule has 1 aromatic carbocycles. The van der Waals surface area contributed by atoms with E-state index >= 15 is 0 Å². The second-order valence-corrected chi connectivity index (χ2v) is 5.02. The van der Waals surface area contributed by atoms with Crippen molar-refractivity contribution >= 4 is 0 Å². The molecule has 1 aromatic rings. The minimum absolute atomic E-state index is 0.576. The van der Waals surface area contributed by atoms with E-state index in [0.717, 1.165) is 12.3 Å². The first-order chi connectivity index (χ1) is 8.81. The van der Waals surface area contributed by atoms with Crippen LogP contribution < -0.4 is 4.74 Å². The Balaban J connectivity index is 2.05. The van der Waals surface area contributed by atoms with Crippen molar-refractivity contribution < 1.29 is 4.74 Å². The van der Waals surface area contributed by atoms with E-state index in [0.29, 0.717) is 12.6 Å². The van der Waals surface area contributed by atoms with E-state index in [1.807, 2.05) is 12.1 Å². The molecule has 18 heavy (non-hydrogen) atoms. The van der Waals surface area contributed by atoms with E-state index < -0.39 is 0 Å². The van der Waals surface area contributed by atoms with Crippen molar-refractivity contribution in [1.29, 1.82) is 0 Å². The zero-order chi connectivity index (χ0) is 12.8. The number of ether oxygens (including phenoxy) is 1. The molecule has 0 saturated carbocycles. The average molecular weight is 245 g/mol. The number of likely N-dealkylation sites (tertiary alicyclic amines) is 1. The fraction of sp³-hybridized carbons (Fsp3) is 0.500. The normalized spacial score (nSPS) is 20.6. The first-order valence-corrected chi connectivity index (χ1v) is 6.87. The molecule has 2 rings (SSSR count). The predicted octanol–water partition coefficient (Wildman–Crippen LogP) is 3.63. The Morgan fingerprint density at radius 1 is 1.39 bits per heavy atom. The van der Waals surface area contributed by atoms with Crippen molar-refractivity contribution in [3.05, 3.63) is 42.5 Å². The molecular formula is C16H23NO. The summed E-state index contributed by atoms with van der Waals surface area (Å²) in [6, 6.07) is 9.02. The summed E-state index contributed by atoms with van der Waals surface area (Å²) in [7, 11) is 0. The summed E-state index contributed by atoms with van der Waals surface area (Å²) >= 11 is 0. The Labute approximate surface area is 110 Å². The number of para-hydroxylation sites is 1. The van der Waals surface area contributed by atoms with Crippen LogP contribution >= 0.6 is 0 Å². The molecule has 1 fully saturated rings. The first-order valence-electron chi connectivity index (χ1n) is 6.87. The molecule has 0 spiro atoms. The summed E-state index contributed by atoms with van der Waals surface area (Å²) in [5, 5.41) is 0. The third kappa shape index (κ3) is 3.36. The van der Waals surface area contributed by atoms with Crippen molar-refractivity contribution in [2.75, 3.05) is 13.2 Å². The number of piperidine rings is 1. The van der Waals surface area contributed by atoms with Crippen molar-refractivity contribution in [3.63, 3.8) is 0 Å². The van der Waals surface area contributed by atoms with E-state index in [9.17, 15) is 0 Å². The Morgan fingerprint density at radius 3 is 3.00 bits per heavy atom. The molecule has 1 aliphatic heterocycles. The summed E-state index contributed by atoms with van der Waals surface area (Å²) in [5.74, 6) is 0.996. The van der Waals surface area contributed by atoms with Crippen molar-refractivity contribution in [2.24, 2.45) is 0 Å². The molecule has 0 aliphatic carbocycles. The number of nitrogens with zero attached hydrogens (tertiary/aromatic N) is 1. The molecule has 0 aromatic heterocycles. The van der Waals surface area contributed by atoms with Crippen LogP contribution in [0.3, 0.4) is 0 Å². The molecule has 98 valence electrons. The molecule has 0 bridgehead atoms. The summed E-state index contributed by atoms with van der Waals surface area (Å²) < 4.78 is 5.72. The second kappa shape index (κ2) is 6.60. The Kier molecular flexibility index (Phi) is 4.82. The summed E-state index contributed by atoms with van der Waals surface area (Å²) in [5.41, 5.74) is 1.29. The fourth-order valence-electron chi connectivity index (χ4n) is 2.54. The lowest BCUT2D eigenvalue weighted by Gasteiger charge is -2.33. The fourth-order valence-corrected chi connectivity index (χ4v) is 2.54. The largest absolute Gasteiger partial charge is 0.489 e. The highest BCUT2D eigenvalue weighted by atomic mass is 16.5. The Bertz CT molecular complexity index is 388. The highest BCUT2D eigenvalue weighted by Gasteiger charge is 2.19. The molecule has 0 N–H and O–H groups in total. The Morgan fingerprint density at radius 2 is 2.22 bits per heavy atom. The van der Waals surface area contributed by atoms with E-state index in [2.05, 4.69) is 30.5 Å². The van der Waals surface area contributed by atoms with Gasteiger partial charge in [-0.3, -0.25) is 4.90 Å². The van der Waals surface area contributed by atoms with Crippen molar-refractivity contribution in [1.82, 2.24) is 4.90 Å². The van der Waals surface area contributed by atoms with Gasteiger partial charge in [-0.1, -0.05) is 37.3 Å². The maximum absolute atomic E-state index is 5.72. The number of benzene rings is 1. The van der Waals surface area contributed by atoms with E-state index in [1.54, 1.807) is 6.08 Å². The molecule has 1 heterocycles. The van der Waals surface area contributed by atoms with E-state index in [4.69, 9.17) is 4.74 Å². The van der Waals surface area contributed by atoms with Gasteiger partial charge < -0.3 is 4.74 Å². The van der Waals surface area contributed by atoms with Gasteiger partial charge in [0.05, 0.1) is 0 Å². The molecule has 2 heteroatoms. The maximum Gasteiger partial charge on any atom is 0.124 e. The molecule has 1 unspecified atom stereocenters. The van der Waals surface area contributed by atoms with Gasteiger partial charge in [0.2, 0.25) is 0 Å². The molecule has 1 saturated heterocycles. The van der Waals surface area contributed by atoms with Gasteiger partial charge in [0.1, 0.15) is 12.4 Å².